The van der Waals surface area contributed by atoms with Crippen LogP contribution < -0.4 is 10.2 Å². The van der Waals surface area contributed by atoms with Gasteiger partial charge >= 0.3 is 0 Å². The van der Waals surface area contributed by atoms with Gasteiger partial charge < -0.3 is 25.3 Å². The third kappa shape index (κ3) is 5.00. The number of amides is 2. The molecule has 3 heterocycles. The van der Waals surface area contributed by atoms with Gasteiger partial charge in [-0.05, 0) is 54.2 Å². The maximum Gasteiger partial charge on any atom is 0.255 e. The molecule has 1 aromatic carbocycles. The van der Waals surface area contributed by atoms with Crippen molar-refractivity contribution < 1.29 is 24.2 Å². The van der Waals surface area contributed by atoms with Crippen molar-refractivity contribution in [1.82, 2.24) is 15.2 Å². The maximum atomic E-state index is 13.4. The van der Waals surface area contributed by atoms with Crippen LogP contribution in [0.4, 0.5) is 10.1 Å². The quantitative estimate of drug-likeness (QED) is 0.570. The van der Waals surface area contributed by atoms with E-state index in [1.54, 1.807) is 24.5 Å². The highest BCUT2D eigenvalue weighted by Crippen LogP contribution is 2.27. The topological polar surface area (TPSA) is 130 Å². The fourth-order valence-corrected chi connectivity index (χ4v) is 4.44. The van der Waals surface area contributed by atoms with Crippen molar-refractivity contribution in [2.24, 2.45) is 5.92 Å². The van der Waals surface area contributed by atoms with E-state index in [9.17, 15) is 29.5 Å². The lowest BCUT2D eigenvalue weighted by Crippen LogP contribution is -2.50. The summed E-state index contributed by atoms with van der Waals surface area (Å²) in [5.74, 6) is -1.83. The van der Waals surface area contributed by atoms with Gasteiger partial charge in [-0.25, -0.2) is 4.39 Å². The van der Waals surface area contributed by atoms with E-state index in [-0.39, 0.29) is 18.0 Å². The van der Waals surface area contributed by atoms with E-state index in [0.717, 1.165) is 24.0 Å². The minimum Gasteiger partial charge on any atom is -0.380 e. The molecule has 9 nitrogen and oxygen atoms in total. The number of carbonyl (C=O) groups is 2. The Morgan fingerprint density at radius 2 is 1.91 bits per heavy atom. The second-order valence-electron chi connectivity index (χ2n) is 8.68. The molecule has 3 N–H and O–H groups in total. The number of hydrogen-bond donors (Lipinski definition) is 3. The number of aliphatic hydroxyl groups is 2. The third-order valence-electron chi connectivity index (χ3n) is 6.46. The number of piperidine rings is 1. The standard InChI is InChI=1S/C24H26FN5O4/c25-19-1-2-20(17(9-19)10-26)29-7-4-15(5-8-29)11-28-23(33)21(31)22(32)24(34)30-13-16-3-6-27-12-18(16)14-30/h1-3,6,9,12,15,21-22,31-32H,4-5,7-8,11,13-14H2,(H,28,33)/t21-,22-/m1/s1. The van der Waals surface area contributed by atoms with Crippen molar-refractivity contribution in [2.75, 3.05) is 24.5 Å². The monoisotopic (exact) mass is 467 g/mol. The van der Waals surface area contributed by atoms with Crippen molar-refractivity contribution in [1.29, 1.82) is 5.26 Å². The maximum absolute atomic E-state index is 13.4. The van der Waals surface area contributed by atoms with Gasteiger partial charge in [-0.3, -0.25) is 14.6 Å². The first-order valence-corrected chi connectivity index (χ1v) is 11.2. The molecule has 2 aromatic rings. The van der Waals surface area contributed by atoms with E-state index in [4.69, 9.17) is 0 Å². The van der Waals surface area contributed by atoms with E-state index in [0.29, 0.717) is 31.9 Å². The summed E-state index contributed by atoms with van der Waals surface area (Å²) in [5, 5.41) is 32.4. The van der Waals surface area contributed by atoms with Crippen molar-refractivity contribution in [2.45, 2.75) is 38.1 Å². The molecule has 1 aromatic heterocycles. The van der Waals surface area contributed by atoms with Gasteiger partial charge in [0.15, 0.2) is 12.2 Å². The second kappa shape index (κ2) is 10.2. The molecule has 0 bridgehead atoms. The number of pyridine rings is 1. The second-order valence-corrected chi connectivity index (χ2v) is 8.68. The summed E-state index contributed by atoms with van der Waals surface area (Å²) in [6.45, 7) is 2.12. The summed E-state index contributed by atoms with van der Waals surface area (Å²) in [6.07, 6.45) is 0.998. The predicted octanol–water partition coefficient (Wildman–Crippen LogP) is 0.689. The number of fused-ring (bicyclic) bond motifs is 1. The zero-order chi connectivity index (χ0) is 24.2. The number of hydrogen-bond acceptors (Lipinski definition) is 7. The third-order valence-corrected chi connectivity index (χ3v) is 6.46. The van der Waals surface area contributed by atoms with Gasteiger partial charge in [-0.15, -0.1) is 0 Å². The number of nitriles is 1. The minimum absolute atomic E-state index is 0.131. The molecule has 0 saturated carbocycles. The van der Waals surface area contributed by atoms with Gasteiger partial charge in [0.1, 0.15) is 11.9 Å². The molecule has 178 valence electrons. The van der Waals surface area contributed by atoms with E-state index < -0.39 is 29.8 Å². The first kappa shape index (κ1) is 23.6. The number of halogens is 1. The summed E-state index contributed by atoms with van der Waals surface area (Å²) in [7, 11) is 0. The Balaban J connectivity index is 1.24. The van der Waals surface area contributed by atoms with Gasteiger partial charge in [-0.2, -0.15) is 5.26 Å². The van der Waals surface area contributed by atoms with Crippen LogP contribution in [0.1, 0.15) is 29.5 Å². The largest absolute Gasteiger partial charge is 0.380 e. The first-order chi connectivity index (χ1) is 16.4. The molecular formula is C24H26FN5O4. The summed E-state index contributed by atoms with van der Waals surface area (Å²) in [6, 6.07) is 7.95. The lowest BCUT2D eigenvalue weighted by atomic mass is 9.95. The average Bonchev–Trinajstić information content (AvgIpc) is 3.30. The van der Waals surface area contributed by atoms with Crippen LogP contribution >= 0.6 is 0 Å². The molecular weight excluding hydrogens is 441 g/mol. The number of aromatic nitrogens is 1. The van der Waals surface area contributed by atoms with Crippen molar-refractivity contribution in [3.63, 3.8) is 0 Å². The van der Waals surface area contributed by atoms with Crippen LogP contribution in [-0.4, -0.2) is 63.8 Å². The van der Waals surface area contributed by atoms with Crippen LogP contribution in [0.2, 0.25) is 0 Å². The minimum atomic E-state index is -1.87. The number of aliphatic hydroxyl groups excluding tert-OH is 2. The highest BCUT2D eigenvalue weighted by molar-refractivity contribution is 5.90. The lowest BCUT2D eigenvalue weighted by molar-refractivity contribution is -0.153. The molecule has 0 unspecified atom stereocenters. The Bertz CT molecular complexity index is 1090. The normalized spacial score (nSPS) is 17.6. The summed E-state index contributed by atoms with van der Waals surface area (Å²) in [5.41, 5.74) is 2.76. The molecule has 0 spiro atoms. The van der Waals surface area contributed by atoms with E-state index >= 15 is 0 Å². The van der Waals surface area contributed by atoms with E-state index in [2.05, 4.69) is 10.3 Å². The van der Waals surface area contributed by atoms with Gasteiger partial charge in [0, 0.05) is 45.1 Å². The summed E-state index contributed by atoms with van der Waals surface area (Å²) in [4.78, 5) is 32.4. The van der Waals surface area contributed by atoms with Crippen molar-refractivity contribution in [3.05, 3.63) is 59.2 Å². The number of nitrogens with one attached hydrogen (secondary N) is 1. The van der Waals surface area contributed by atoms with Gasteiger partial charge in [0.2, 0.25) is 0 Å². The smallest absolute Gasteiger partial charge is 0.255 e. The molecule has 2 amide bonds. The lowest BCUT2D eigenvalue weighted by Gasteiger charge is -2.34. The van der Waals surface area contributed by atoms with Gasteiger partial charge in [-0.1, -0.05) is 0 Å². The number of nitrogens with zero attached hydrogens (tertiary/aromatic N) is 4. The molecule has 1 fully saturated rings. The molecule has 4 rings (SSSR count). The van der Waals surface area contributed by atoms with Crippen LogP contribution in [0.3, 0.4) is 0 Å². The molecule has 2 aliphatic rings. The number of benzene rings is 1. The fourth-order valence-electron chi connectivity index (χ4n) is 4.44. The zero-order valence-electron chi connectivity index (χ0n) is 18.5. The SMILES string of the molecule is N#Cc1cc(F)ccc1N1CCC(CNC(=O)[C@H](O)[C@@H](O)C(=O)N2Cc3ccncc3C2)CC1. The molecule has 10 heteroatoms. The predicted molar refractivity (Wildman–Crippen MR) is 120 cm³/mol. The Labute approximate surface area is 196 Å². The Kier molecular flexibility index (Phi) is 7.05. The van der Waals surface area contributed by atoms with Crippen LogP contribution in [0.15, 0.2) is 36.7 Å². The Hall–Kier alpha value is -3.55. The van der Waals surface area contributed by atoms with E-state index in [1.165, 1.54) is 17.0 Å². The van der Waals surface area contributed by atoms with Crippen LogP contribution in [0.25, 0.3) is 0 Å². The van der Waals surface area contributed by atoms with Crippen molar-refractivity contribution >= 4 is 17.5 Å². The van der Waals surface area contributed by atoms with Crippen LogP contribution in [-0.2, 0) is 22.7 Å². The highest BCUT2D eigenvalue weighted by Gasteiger charge is 2.35. The summed E-state index contributed by atoms with van der Waals surface area (Å²) < 4.78 is 13.4. The van der Waals surface area contributed by atoms with Gasteiger partial charge in [0.25, 0.3) is 11.8 Å². The number of rotatable bonds is 6. The Morgan fingerprint density at radius 3 is 2.62 bits per heavy atom. The van der Waals surface area contributed by atoms with Crippen LogP contribution in [0, 0.1) is 23.1 Å². The molecule has 0 aliphatic carbocycles. The van der Waals surface area contributed by atoms with E-state index in [1.807, 2.05) is 11.0 Å². The molecule has 2 aliphatic heterocycles. The molecule has 2 atom stereocenters. The molecule has 0 radical (unpaired) electrons. The van der Waals surface area contributed by atoms with Crippen LogP contribution in [0.5, 0.6) is 0 Å². The number of anilines is 1. The number of carbonyl (C=O) groups excluding carboxylic acids is 2. The molecule has 1 saturated heterocycles. The first-order valence-electron chi connectivity index (χ1n) is 11.2. The van der Waals surface area contributed by atoms with Crippen molar-refractivity contribution in [3.8, 4) is 6.07 Å². The highest BCUT2D eigenvalue weighted by atomic mass is 19.1. The summed E-state index contributed by atoms with van der Waals surface area (Å²) >= 11 is 0. The zero-order valence-corrected chi connectivity index (χ0v) is 18.5. The Morgan fingerprint density at radius 1 is 1.18 bits per heavy atom. The fraction of sp³-hybridized carbons (Fsp3) is 0.417. The van der Waals surface area contributed by atoms with Gasteiger partial charge in [0.05, 0.1) is 11.3 Å². The molecule has 34 heavy (non-hydrogen) atoms. The average molecular weight is 468 g/mol.